The fourth-order valence-electron chi connectivity index (χ4n) is 1.70. The first-order chi connectivity index (χ1) is 8.00. The van der Waals surface area contributed by atoms with Crippen LogP contribution in [0.15, 0.2) is 17.5 Å². The van der Waals surface area contributed by atoms with Crippen LogP contribution < -0.4 is 5.32 Å². The van der Waals surface area contributed by atoms with Crippen LogP contribution in [-0.2, 0) is 4.79 Å². The minimum absolute atomic E-state index is 0.0623. The molecule has 0 aliphatic rings. The average Bonchev–Trinajstić information content (AvgIpc) is 2.75. The van der Waals surface area contributed by atoms with Gasteiger partial charge in [0.25, 0.3) is 0 Å². The van der Waals surface area contributed by atoms with Gasteiger partial charge in [-0.15, -0.1) is 11.3 Å². The van der Waals surface area contributed by atoms with Gasteiger partial charge in [-0.05, 0) is 17.9 Å². The highest BCUT2D eigenvalue weighted by Gasteiger charge is 2.22. The average molecular weight is 257 g/mol. The Bertz CT molecular complexity index is 338. The smallest absolute Gasteiger partial charge is 0.303 e. The third-order valence-electron chi connectivity index (χ3n) is 2.43. The number of thiophene rings is 1. The van der Waals surface area contributed by atoms with Crippen molar-refractivity contribution in [2.45, 2.75) is 44.9 Å². The molecule has 0 aliphatic carbocycles. The van der Waals surface area contributed by atoms with Crippen molar-refractivity contribution in [3.05, 3.63) is 22.4 Å². The summed E-state index contributed by atoms with van der Waals surface area (Å²) >= 11 is 1.48. The molecule has 5 heteroatoms. The van der Waals surface area contributed by atoms with Crippen molar-refractivity contribution >= 4 is 17.3 Å². The van der Waals surface area contributed by atoms with E-state index in [0.29, 0.717) is 6.42 Å². The van der Waals surface area contributed by atoms with Crippen molar-refractivity contribution in [3.63, 3.8) is 0 Å². The van der Waals surface area contributed by atoms with Crippen LogP contribution in [0, 0.1) is 0 Å². The zero-order valence-corrected chi connectivity index (χ0v) is 10.9. The Labute approximate surface area is 105 Å². The van der Waals surface area contributed by atoms with Crippen molar-refractivity contribution in [1.82, 2.24) is 5.32 Å². The predicted octanol–water partition coefficient (Wildman–Crippen LogP) is 2.01. The van der Waals surface area contributed by atoms with Gasteiger partial charge in [0.05, 0.1) is 0 Å². The third kappa shape index (κ3) is 4.85. The Morgan fingerprint density at radius 1 is 1.53 bits per heavy atom. The lowest BCUT2D eigenvalue weighted by Gasteiger charge is -2.25. The zero-order valence-electron chi connectivity index (χ0n) is 10.1. The van der Waals surface area contributed by atoms with E-state index in [1.54, 1.807) is 0 Å². The highest BCUT2D eigenvalue weighted by Crippen LogP contribution is 2.24. The van der Waals surface area contributed by atoms with Crippen molar-refractivity contribution in [3.8, 4) is 0 Å². The number of carbonyl (C=O) groups is 1. The monoisotopic (exact) mass is 257 g/mol. The summed E-state index contributed by atoms with van der Waals surface area (Å²) in [6.07, 6.45) is -0.156. The second-order valence-electron chi connectivity index (χ2n) is 4.32. The molecule has 0 saturated heterocycles. The first kappa shape index (κ1) is 14.2. The van der Waals surface area contributed by atoms with E-state index >= 15 is 0 Å². The van der Waals surface area contributed by atoms with E-state index in [1.807, 2.05) is 31.4 Å². The number of carboxylic acids is 1. The van der Waals surface area contributed by atoms with Gasteiger partial charge in [-0.1, -0.05) is 19.9 Å². The molecule has 2 atom stereocenters. The van der Waals surface area contributed by atoms with Crippen LogP contribution in [0.5, 0.6) is 0 Å². The van der Waals surface area contributed by atoms with Crippen molar-refractivity contribution in [2.24, 2.45) is 0 Å². The Kier molecular flexibility index (Phi) is 5.61. The molecule has 0 amide bonds. The summed E-state index contributed by atoms with van der Waals surface area (Å²) < 4.78 is 0. The summed E-state index contributed by atoms with van der Waals surface area (Å²) in [6.45, 7) is 3.96. The highest BCUT2D eigenvalue weighted by molar-refractivity contribution is 7.10. The predicted molar refractivity (Wildman–Crippen MR) is 68.2 cm³/mol. The zero-order chi connectivity index (χ0) is 12.8. The maximum absolute atomic E-state index is 10.6. The third-order valence-corrected chi connectivity index (χ3v) is 3.38. The van der Waals surface area contributed by atoms with Gasteiger partial charge in [-0.2, -0.15) is 0 Å². The number of hydrogen-bond donors (Lipinski definition) is 3. The molecule has 1 aromatic rings. The van der Waals surface area contributed by atoms with Gasteiger partial charge in [0.15, 0.2) is 0 Å². The normalized spacial score (nSPS) is 14.8. The summed E-state index contributed by atoms with van der Waals surface area (Å²) in [5, 5.41) is 24.0. The lowest BCUT2D eigenvalue weighted by atomic mass is 10.0. The first-order valence-electron chi connectivity index (χ1n) is 5.70. The minimum atomic E-state index is -0.834. The molecule has 1 rings (SSSR count). The van der Waals surface area contributed by atoms with Crippen LogP contribution >= 0.6 is 11.3 Å². The maximum Gasteiger partial charge on any atom is 0.303 e. The van der Waals surface area contributed by atoms with Crippen molar-refractivity contribution < 1.29 is 15.0 Å². The largest absolute Gasteiger partial charge is 0.481 e. The highest BCUT2D eigenvalue weighted by atomic mass is 32.1. The lowest BCUT2D eigenvalue weighted by Crippen LogP contribution is -2.39. The topological polar surface area (TPSA) is 69.6 Å². The van der Waals surface area contributed by atoms with Gasteiger partial charge in [-0.25, -0.2) is 0 Å². The van der Waals surface area contributed by atoms with Gasteiger partial charge in [-0.3, -0.25) is 4.79 Å². The summed E-state index contributed by atoms with van der Waals surface area (Å²) in [5.74, 6) is -0.834. The SMILES string of the molecule is CC(C)NC(CCC(=O)O)C(O)c1cccs1. The molecule has 0 spiro atoms. The van der Waals surface area contributed by atoms with Crippen molar-refractivity contribution in [2.75, 3.05) is 0 Å². The van der Waals surface area contributed by atoms with Crippen LogP contribution in [0.25, 0.3) is 0 Å². The van der Waals surface area contributed by atoms with Crippen LogP contribution in [0.4, 0.5) is 0 Å². The molecule has 0 aliphatic heterocycles. The van der Waals surface area contributed by atoms with Crippen LogP contribution in [0.2, 0.25) is 0 Å². The molecular formula is C12H19NO3S. The van der Waals surface area contributed by atoms with E-state index in [1.165, 1.54) is 11.3 Å². The Hall–Kier alpha value is -0.910. The van der Waals surface area contributed by atoms with Gasteiger partial charge >= 0.3 is 5.97 Å². The first-order valence-corrected chi connectivity index (χ1v) is 6.58. The molecule has 3 N–H and O–H groups in total. The molecule has 0 saturated carbocycles. The Morgan fingerprint density at radius 2 is 2.24 bits per heavy atom. The van der Waals surface area contributed by atoms with Crippen LogP contribution in [-0.4, -0.2) is 28.3 Å². The Balaban J connectivity index is 2.64. The van der Waals surface area contributed by atoms with E-state index in [-0.39, 0.29) is 18.5 Å². The number of aliphatic carboxylic acids is 1. The number of carboxylic acid groups (broad SMARTS) is 1. The van der Waals surface area contributed by atoms with Crippen LogP contribution in [0.1, 0.15) is 37.7 Å². The van der Waals surface area contributed by atoms with E-state index in [4.69, 9.17) is 5.11 Å². The molecule has 2 unspecified atom stereocenters. The molecule has 0 bridgehead atoms. The molecule has 96 valence electrons. The van der Waals surface area contributed by atoms with E-state index in [0.717, 1.165) is 4.88 Å². The van der Waals surface area contributed by atoms with E-state index in [2.05, 4.69) is 5.32 Å². The molecular weight excluding hydrogens is 238 g/mol. The maximum atomic E-state index is 10.6. The summed E-state index contributed by atoms with van der Waals surface area (Å²) in [7, 11) is 0. The minimum Gasteiger partial charge on any atom is -0.481 e. The van der Waals surface area contributed by atoms with Gasteiger partial charge < -0.3 is 15.5 Å². The van der Waals surface area contributed by atoms with Crippen LogP contribution in [0.3, 0.4) is 0 Å². The molecule has 0 aromatic carbocycles. The van der Waals surface area contributed by atoms with Gasteiger partial charge in [0.2, 0.25) is 0 Å². The number of nitrogens with one attached hydrogen (secondary N) is 1. The number of rotatable bonds is 7. The molecule has 1 heterocycles. The fourth-order valence-corrected chi connectivity index (χ4v) is 2.47. The second kappa shape index (κ2) is 6.74. The fraction of sp³-hybridized carbons (Fsp3) is 0.583. The van der Waals surface area contributed by atoms with Gasteiger partial charge in [0.1, 0.15) is 6.10 Å². The standard InChI is InChI=1S/C12H19NO3S/c1-8(2)13-9(5-6-11(14)15)12(16)10-4-3-7-17-10/h3-4,7-9,12-13,16H,5-6H2,1-2H3,(H,14,15). The lowest BCUT2D eigenvalue weighted by molar-refractivity contribution is -0.137. The molecule has 0 fully saturated rings. The number of hydrogen-bond acceptors (Lipinski definition) is 4. The molecule has 17 heavy (non-hydrogen) atoms. The van der Waals surface area contributed by atoms with E-state index < -0.39 is 12.1 Å². The Morgan fingerprint density at radius 3 is 2.71 bits per heavy atom. The molecule has 1 aromatic heterocycles. The van der Waals surface area contributed by atoms with E-state index in [9.17, 15) is 9.90 Å². The summed E-state index contributed by atoms with van der Waals surface area (Å²) in [5.41, 5.74) is 0. The molecule has 0 radical (unpaired) electrons. The quantitative estimate of drug-likeness (QED) is 0.699. The molecule has 4 nitrogen and oxygen atoms in total. The van der Waals surface area contributed by atoms with Gasteiger partial charge in [0, 0.05) is 23.4 Å². The van der Waals surface area contributed by atoms with Crippen molar-refractivity contribution in [1.29, 1.82) is 0 Å². The number of aliphatic hydroxyl groups excluding tert-OH is 1. The summed E-state index contributed by atoms with van der Waals surface area (Å²) in [6, 6.07) is 3.74. The second-order valence-corrected chi connectivity index (χ2v) is 5.30. The summed E-state index contributed by atoms with van der Waals surface area (Å²) in [4.78, 5) is 11.5. The number of aliphatic hydroxyl groups is 1.